The Labute approximate surface area is 119 Å². The zero-order valence-corrected chi connectivity index (χ0v) is 12.1. The minimum atomic E-state index is 0. The van der Waals surface area contributed by atoms with Crippen molar-refractivity contribution in [1.82, 2.24) is 10.6 Å². The van der Waals surface area contributed by atoms with Crippen molar-refractivity contribution in [3.05, 3.63) is 35.9 Å². The van der Waals surface area contributed by atoms with E-state index >= 15 is 0 Å². The van der Waals surface area contributed by atoms with E-state index in [0.29, 0.717) is 0 Å². The van der Waals surface area contributed by atoms with Crippen LogP contribution in [-0.2, 0) is 0 Å². The second-order valence-corrected chi connectivity index (χ2v) is 4.02. The standard InChI is InChI=1S/C12H17N3O.HI/c1-9(8-16)14-12-13-7-11(15-12)10-5-3-2-4-6-10;/h2-6,9,11,16H,7-8H2,1H3,(H2,13,14,15);1H. The molecule has 1 aromatic carbocycles. The van der Waals surface area contributed by atoms with Gasteiger partial charge in [0.1, 0.15) is 0 Å². The van der Waals surface area contributed by atoms with Gasteiger partial charge in [-0.25, -0.2) is 0 Å². The molecular formula is C12H18IN3O. The van der Waals surface area contributed by atoms with Crippen molar-refractivity contribution in [2.24, 2.45) is 4.99 Å². The molecule has 5 heteroatoms. The Hall–Kier alpha value is -0.820. The maximum absolute atomic E-state index is 8.93. The second-order valence-electron chi connectivity index (χ2n) is 4.02. The van der Waals surface area contributed by atoms with Gasteiger partial charge < -0.3 is 15.7 Å². The minimum absolute atomic E-state index is 0. The third kappa shape index (κ3) is 3.85. The highest BCUT2D eigenvalue weighted by atomic mass is 127. The first-order chi connectivity index (χ1) is 7.79. The molecule has 0 aromatic heterocycles. The molecule has 0 saturated carbocycles. The maximum Gasteiger partial charge on any atom is 0.192 e. The smallest absolute Gasteiger partial charge is 0.192 e. The van der Waals surface area contributed by atoms with Gasteiger partial charge in [-0.15, -0.1) is 24.0 Å². The van der Waals surface area contributed by atoms with Crippen LogP contribution >= 0.6 is 24.0 Å². The first kappa shape index (κ1) is 14.2. The molecule has 3 N–H and O–H groups in total. The monoisotopic (exact) mass is 347 g/mol. The zero-order valence-electron chi connectivity index (χ0n) is 9.76. The number of benzene rings is 1. The Kier molecular flexibility index (Phi) is 5.70. The normalized spacial score (nSPS) is 19.9. The lowest BCUT2D eigenvalue weighted by molar-refractivity contribution is 0.263. The third-order valence-corrected chi connectivity index (χ3v) is 2.60. The summed E-state index contributed by atoms with van der Waals surface area (Å²) in [6, 6.07) is 10.5. The molecule has 17 heavy (non-hydrogen) atoms. The minimum Gasteiger partial charge on any atom is -0.394 e. The van der Waals surface area contributed by atoms with Gasteiger partial charge in [0.25, 0.3) is 0 Å². The topological polar surface area (TPSA) is 56.6 Å². The van der Waals surface area contributed by atoms with Crippen molar-refractivity contribution in [1.29, 1.82) is 0 Å². The number of hydrogen-bond donors (Lipinski definition) is 3. The van der Waals surface area contributed by atoms with Crippen LogP contribution in [0.25, 0.3) is 0 Å². The van der Waals surface area contributed by atoms with Gasteiger partial charge in [-0.2, -0.15) is 0 Å². The summed E-state index contributed by atoms with van der Waals surface area (Å²) in [5.41, 5.74) is 1.24. The van der Waals surface area contributed by atoms with E-state index in [1.54, 1.807) is 0 Å². The van der Waals surface area contributed by atoms with Crippen LogP contribution in [0.3, 0.4) is 0 Å². The number of halogens is 1. The summed E-state index contributed by atoms with van der Waals surface area (Å²) in [7, 11) is 0. The summed E-state index contributed by atoms with van der Waals surface area (Å²) < 4.78 is 0. The third-order valence-electron chi connectivity index (χ3n) is 2.60. The van der Waals surface area contributed by atoms with Crippen molar-refractivity contribution in [3.63, 3.8) is 0 Å². The van der Waals surface area contributed by atoms with Crippen molar-refractivity contribution in [3.8, 4) is 0 Å². The number of rotatable bonds is 3. The highest BCUT2D eigenvalue weighted by Crippen LogP contribution is 2.15. The Morgan fingerprint density at radius 1 is 1.47 bits per heavy atom. The van der Waals surface area contributed by atoms with Crippen molar-refractivity contribution < 1.29 is 5.11 Å². The van der Waals surface area contributed by atoms with Gasteiger partial charge >= 0.3 is 0 Å². The number of aliphatic hydroxyl groups excluding tert-OH is 1. The summed E-state index contributed by atoms with van der Waals surface area (Å²) in [5.74, 6) is 0.774. The fourth-order valence-corrected chi connectivity index (χ4v) is 1.68. The van der Waals surface area contributed by atoms with Crippen molar-refractivity contribution in [2.45, 2.75) is 19.0 Å². The predicted molar refractivity (Wildman–Crippen MR) is 79.7 cm³/mol. The fraction of sp³-hybridized carbons (Fsp3) is 0.417. The maximum atomic E-state index is 8.93. The molecule has 1 aromatic rings. The molecule has 2 unspecified atom stereocenters. The Morgan fingerprint density at radius 2 is 2.18 bits per heavy atom. The first-order valence-electron chi connectivity index (χ1n) is 5.53. The summed E-state index contributed by atoms with van der Waals surface area (Å²) in [6.45, 7) is 2.77. The fourth-order valence-electron chi connectivity index (χ4n) is 1.68. The Balaban J connectivity index is 0.00000144. The molecule has 1 aliphatic rings. The van der Waals surface area contributed by atoms with Gasteiger partial charge in [0, 0.05) is 6.04 Å². The zero-order chi connectivity index (χ0) is 11.4. The molecular weight excluding hydrogens is 329 g/mol. The van der Waals surface area contributed by atoms with E-state index in [-0.39, 0.29) is 42.7 Å². The molecule has 94 valence electrons. The molecule has 4 nitrogen and oxygen atoms in total. The molecule has 0 aliphatic carbocycles. The van der Waals surface area contributed by atoms with Crippen molar-refractivity contribution >= 4 is 29.9 Å². The lowest BCUT2D eigenvalue weighted by Crippen LogP contribution is -2.42. The molecule has 0 spiro atoms. The van der Waals surface area contributed by atoms with Crippen LogP contribution in [-0.4, -0.2) is 30.3 Å². The summed E-state index contributed by atoms with van der Waals surface area (Å²) in [6.07, 6.45) is 0. The Bertz CT molecular complexity index is 369. The predicted octanol–water partition coefficient (Wildman–Crippen LogP) is 1.28. The molecule has 2 rings (SSSR count). The number of hydrogen-bond acceptors (Lipinski definition) is 4. The van der Waals surface area contributed by atoms with Gasteiger partial charge in [-0.1, -0.05) is 30.3 Å². The van der Waals surface area contributed by atoms with Crippen LogP contribution < -0.4 is 10.6 Å². The van der Waals surface area contributed by atoms with Gasteiger partial charge in [0.15, 0.2) is 5.96 Å². The summed E-state index contributed by atoms with van der Waals surface area (Å²) in [5, 5.41) is 15.4. The van der Waals surface area contributed by atoms with Gasteiger partial charge in [0.05, 0.1) is 19.2 Å². The number of guanidine groups is 1. The molecule has 1 aliphatic heterocycles. The molecule has 0 radical (unpaired) electrons. The van der Waals surface area contributed by atoms with Gasteiger partial charge in [-0.3, -0.25) is 4.99 Å². The number of aliphatic hydroxyl groups is 1. The largest absolute Gasteiger partial charge is 0.394 e. The van der Waals surface area contributed by atoms with Gasteiger partial charge in [0.2, 0.25) is 0 Å². The van der Waals surface area contributed by atoms with E-state index in [9.17, 15) is 0 Å². The van der Waals surface area contributed by atoms with Crippen LogP contribution in [0.1, 0.15) is 18.5 Å². The quantitative estimate of drug-likeness (QED) is 0.722. The van der Waals surface area contributed by atoms with E-state index in [0.717, 1.165) is 12.5 Å². The number of aliphatic imine (C=N–C) groups is 1. The average Bonchev–Trinajstić information content (AvgIpc) is 2.78. The van der Waals surface area contributed by atoms with Crippen LogP contribution in [0.4, 0.5) is 0 Å². The van der Waals surface area contributed by atoms with E-state index < -0.39 is 0 Å². The molecule has 0 saturated heterocycles. The second kappa shape index (κ2) is 6.80. The number of nitrogens with zero attached hydrogens (tertiary/aromatic N) is 1. The summed E-state index contributed by atoms with van der Waals surface area (Å²) >= 11 is 0. The molecule has 0 amide bonds. The molecule has 0 bridgehead atoms. The summed E-state index contributed by atoms with van der Waals surface area (Å²) in [4.78, 5) is 4.36. The number of nitrogens with one attached hydrogen (secondary N) is 2. The highest BCUT2D eigenvalue weighted by molar-refractivity contribution is 14.0. The average molecular weight is 347 g/mol. The SMILES string of the molecule is CC(CO)NC1=NCC(c2ccccc2)N1.I. The first-order valence-corrected chi connectivity index (χ1v) is 5.53. The van der Waals surface area contributed by atoms with E-state index in [2.05, 4.69) is 27.8 Å². The lowest BCUT2D eigenvalue weighted by atomic mass is 10.1. The molecule has 1 heterocycles. The van der Waals surface area contributed by atoms with E-state index in [4.69, 9.17) is 5.11 Å². The van der Waals surface area contributed by atoms with Crippen LogP contribution in [0, 0.1) is 0 Å². The van der Waals surface area contributed by atoms with E-state index in [1.165, 1.54) is 5.56 Å². The Morgan fingerprint density at radius 3 is 2.82 bits per heavy atom. The highest BCUT2D eigenvalue weighted by Gasteiger charge is 2.19. The van der Waals surface area contributed by atoms with Crippen LogP contribution in [0.2, 0.25) is 0 Å². The van der Waals surface area contributed by atoms with Crippen molar-refractivity contribution in [2.75, 3.05) is 13.2 Å². The van der Waals surface area contributed by atoms with Crippen LogP contribution in [0.15, 0.2) is 35.3 Å². The molecule has 0 fully saturated rings. The molecule has 2 atom stereocenters. The lowest BCUT2D eigenvalue weighted by Gasteiger charge is -2.15. The van der Waals surface area contributed by atoms with Gasteiger partial charge in [-0.05, 0) is 12.5 Å². The van der Waals surface area contributed by atoms with Crippen LogP contribution in [0.5, 0.6) is 0 Å². The van der Waals surface area contributed by atoms with E-state index in [1.807, 2.05) is 25.1 Å².